The Morgan fingerprint density at radius 1 is 1.07 bits per heavy atom. The Morgan fingerprint density at radius 3 is 2.46 bits per heavy atom. The van der Waals surface area contributed by atoms with Crippen LogP contribution in [0.1, 0.15) is 17.0 Å². The second kappa shape index (κ2) is 8.26. The Morgan fingerprint density at radius 2 is 1.86 bits per heavy atom. The first-order valence-electron chi connectivity index (χ1n) is 8.64. The smallest absolute Gasteiger partial charge is 0.240 e. The lowest BCUT2D eigenvalue weighted by atomic mass is 10.2. The lowest BCUT2D eigenvalue weighted by Crippen LogP contribution is -2.29. The van der Waals surface area contributed by atoms with Crippen LogP contribution in [-0.4, -0.2) is 41.5 Å². The molecule has 0 aliphatic carbocycles. The molecule has 0 unspecified atom stereocenters. The summed E-state index contributed by atoms with van der Waals surface area (Å²) in [6.45, 7) is 6.49. The molecule has 2 aromatic heterocycles. The lowest BCUT2D eigenvalue weighted by Gasteiger charge is -2.09. The van der Waals surface area contributed by atoms with Crippen molar-refractivity contribution in [3.8, 4) is 5.82 Å². The normalized spacial score (nSPS) is 11.6. The minimum Gasteiger partial charge on any atom is -0.367 e. The molecular weight excluding hydrogens is 400 g/mol. The van der Waals surface area contributed by atoms with E-state index in [-0.39, 0.29) is 11.4 Å². The van der Waals surface area contributed by atoms with Gasteiger partial charge >= 0.3 is 0 Å². The summed E-state index contributed by atoms with van der Waals surface area (Å²) in [6, 6.07) is 9.70. The Labute approximate surface area is 169 Å². The zero-order chi connectivity index (χ0) is 20.3. The maximum Gasteiger partial charge on any atom is 0.240 e. The average molecular weight is 421 g/mol. The third-order valence-corrected chi connectivity index (χ3v) is 6.04. The molecule has 0 radical (unpaired) electrons. The Kier molecular flexibility index (Phi) is 5.97. The van der Waals surface area contributed by atoms with Gasteiger partial charge in [-0.3, -0.25) is 0 Å². The van der Waals surface area contributed by atoms with E-state index in [1.165, 1.54) is 12.1 Å². The van der Waals surface area contributed by atoms with Crippen molar-refractivity contribution in [2.45, 2.75) is 25.7 Å². The van der Waals surface area contributed by atoms with E-state index in [1.807, 2.05) is 26.8 Å². The summed E-state index contributed by atoms with van der Waals surface area (Å²) in [6.07, 6.45) is 0. The molecule has 0 aliphatic heterocycles. The molecule has 3 rings (SSSR count). The number of rotatable bonds is 7. The molecule has 0 bridgehead atoms. The highest BCUT2D eigenvalue weighted by Gasteiger charge is 2.13. The van der Waals surface area contributed by atoms with Crippen LogP contribution in [0.15, 0.2) is 41.3 Å². The van der Waals surface area contributed by atoms with Gasteiger partial charge in [-0.05, 0) is 56.7 Å². The van der Waals surface area contributed by atoms with E-state index in [9.17, 15) is 8.42 Å². The van der Waals surface area contributed by atoms with Crippen molar-refractivity contribution in [2.75, 3.05) is 18.4 Å². The van der Waals surface area contributed by atoms with Gasteiger partial charge < -0.3 is 5.32 Å². The molecular formula is C18H21ClN6O2S. The molecule has 0 aliphatic rings. The number of hydrogen-bond acceptors (Lipinski definition) is 6. The van der Waals surface area contributed by atoms with E-state index in [0.29, 0.717) is 23.2 Å². The minimum atomic E-state index is -3.61. The fourth-order valence-corrected chi connectivity index (χ4v) is 3.90. The van der Waals surface area contributed by atoms with Crippen molar-refractivity contribution in [3.05, 3.63) is 58.4 Å². The molecule has 0 amide bonds. The van der Waals surface area contributed by atoms with Crippen LogP contribution >= 0.6 is 11.6 Å². The fraction of sp³-hybridized carbons (Fsp3) is 0.278. The van der Waals surface area contributed by atoms with Crippen LogP contribution in [-0.2, 0) is 10.0 Å². The van der Waals surface area contributed by atoms with E-state index < -0.39 is 10.0 Å². The van der Waals surface area contributed by atoms with Crippen molar-refractivity contribution in [1.29, 1.82) is 0 Å². The molecule has 10 heteroatoms. The Hall–Kier alpha value is -2.49. The van der Waals surface area contributed by atoms with Gasteiger partial charge in [-0.2, -0.15) is 5.10 Å². The number of aryl methyl sites for hydroxylation is 1. The van der Waals surface area contributed by atoms with Crippen molar-refractivity contribution < 1.29 is 8.42 Å². The van der Waals surface area contributed by atoms with Crippen LogP contribution in [0.25, 0.3) is 5.82 Å². The molecule has 148 valence electrons. The van der Waals surface area contributed by atoms with Crippen LogP contribution in [0.3, 0.4) is 0 Å². The molecule has 8 nitrogen and oxygen atoms in total. The fourth-order valence-electron chi connectivity index (χ4n) is 2.57. The van der Waals surface area contributed by atoms with Crippen molar-refractivity contribution in [1.82, 2.24) is 24.7 Å². The Balaban J connectivity index is 1.56. The summed E-state index contributed by atoms with van der Waals surface area (Å²) in [7, 11) is -3.61. The number of anilines is 1. The summed E-state index contributed by atoms with van der Waals surface area (Å²) in [5, 5.41) is 16.2. The minimum absolute atomic E-state index is 0.129. The van der Waals surface area contributed by atoms with Crippen LogP contribution in [0.4, 0.5) is 5.82 Å². The summed E-state index contributed by atoms with van der Waals surface area (Å²) < 4.78 is 28.7. The largest absolute Gasteiger partial charge is 0.367 e. The molecule has 2 heterocycles. The molecule has 0 spiro atoms. The molecule has 0 fully saturated rings. The zero-order valence-corrected chi connectivity index (χ0v) is 17.3. The van der Waals surface area contributed by atoms with Crippen LogP contribution < -0.4 is 10.0 Å². The van der Waals surface area contributed by atoms with Gasteiger partial charge in [0.1, 0.15) is 5.82 Å². The summed E-state index contributed by atoms with van der Waals surface area (Å²) in [5.41, 5.74) is 3.09. The molecule has 0 saturated heterocycles. The SMILES string of the molecule is Cc1nn(-c2ccc(NCCNS(=O)(=O)c3cccc(Cl)c3)nn2)c(C)c1C. The number of benzene rings is 1. The standard InChI is InChI=1S/C18H21ClN6O2S/c1-12-13(2)24-25(14(12)3)18-8-7-17(22-23-18)20-9-10-21-28(26,27)16-6-4-5-15(19)11-16/h4-8,11,21H,9-10H2,1-3H3,(H,20,22). The third-order valence-electron chi connectivity index (χ3n) is 4.35. The predicted molar refractivity (Wildman–Crippen MR) is 108 cm³/mol. The first-order chi connectivity index (χ1) is 13.3. The van der Waals surface area contributed by atoms with Gasteiger partial charge in [-0.15, -0.1) is 10.2 Å². The van der Waals surface area contributed by atoms with E-state index in [1.54, 1.807) is 22.9 Å². The van der Waals surface area contributed by atoms with Gasteiger partial charge in [0.05, 0.1) is 10.6 Å². The number of nitrogens with zero attached hydrogens (tertiary/aromatic N) is 4. The van der Waals surface area contributed by atoms with Crippen molar-refractivity contribution in [2.24, 2.45) is 0 Å². The van der Waals surface area contributed by atoms with E-state index >= 15 is 0 Å². The van der Waals surface area contributed by atoms with Crippen LogP contribution in [0.2, 0.25) is 5.02 Å². The Bertz CT molecular complexity index is 1080. The van der Waals surface area contributed by atoms with E-state index in [4.69, 9.17) is 11.6 Å². The van der Waals surface area contributed by atoms with Gasteiger partial charge in [0.2, 0.25) is 10.0 Å². The van der Waals surface area contributed by atoms with E-state index in [2.05, 4.69) is 25.3 Å². The average Bonchev–Trinajstić information content (AvgIpc) is 2.93. The summed E-state index contributed by atoms with van der Waals surface area (Å²) in [5.74, 6) is 1.17. The number of hydrogen-bond donors (Lipinski definition) is 2. The first-order valence-corrected chi connectivity index (χ1v) is 10.5. The highest BCUT2D eigenvalue weighted by atomic mass is 35.5. The van der Waals surface area contributed by atoms with E-state index in [0.717, 1.165) is 17.0 Å². The maximum absolute atomic E-state index is 12.2. The first kappa shape index (κ1) is 20.2. The quantitative estimate of drug-likeness (QED) is 0.570. The lowest BCUT2D eigenvalue weighted by molar-refractivity contribution is 0.583. The van der Waals surface area contributed by atoms with Crippen LogP contribution in [0, 0.1) is 20.8 Å². The molecule has 3 aromatic rings. The molecule has 0 saturated carbocycles. The monoisotopic (exact) mass is 420 g/mol. The molecule has 1 aromatic carbocycles. The van der Waals surface area contributed by atoms with Crippen molar-refractivity contribution in [3.63, 3.8) is 0 Å². The number of nitrogens with one attached hydrogen (secondary N) is 2. The predicted octanol–water partition coefficient (Wildman–Crippen LogP) is 2.63. The van der Waals surface area contributed by atoms with Gasteiger partial charge in [0, 0.05) is 23.8 Å². The second-order valence-corrected chi connectivity index (χ2v) is 8.47. The highest BCUT2D eigenvalue weighted by Crippen LogP contribution is 2.16. The zero-order valence-electron chi connectivity index (χ0n) is 15.8. The summed E-state index contributed by atoms with van der Waals surface area (Å²) in [4.78, 5) is 0.129. The van der Waals surface area contributed by atoms with Gasteiger partial charge in [0.15, 0.2) is 5.82 Å². The number of sulfonamides is 1. The van der Waals surface area contributed by atoms with Gasteiger partial charge in [0.25, 0.3) is 0 Å². The third kappa shape index (κ3) is 4.49. The maximum atomic E-state index is 12.2. The second-order valence-electron chi connectivity index (χ2n) is 6.27. The molecule has 0 atom stereocenters. The number of aromatic nitrogens is 4. The van der Waals surface area contributed by atoms with Gasteiger partial charge in [-0.25, -0.2) is 17.8 Å². The number of halogens is 1. The molecule has 2 N–H and O–H groups in total. The highest BCUT2D eigenvalue weighted by molar-refractivity contribution is 7.89. The van der Waals surface area contributed by atoms with Crippen molar-refractivity contribution >= 4 is 27.4 Å². The van der Waals surface area contributed by atoms with Gasteiger partial charge in [-0.1, -0.05) is 17.7 Å². The van der Waals surface area contributed by atoms with Crippen LogP contribution in [0.5, 0.6) is 0 Å². The topological polar surface area (TPSA) is 102 Å². The summed E-state index contributed by atoms with van der Waals surface area (Å²) >= 11 is 5.84. The molecule has 28 heavy (non-hydrogen) atoms.